The molecule has 0 radical (unpaired) electrons. The van der Waals surface area contributed by atoms with Gasteiger partial charge >= 0.3 is 5.97 Å². The van der Waals surface area contributed by atoms with E-state index in [0.717, 1.165) is 10.9 Å². The number of benzene rings is 2. The fourth-order valence-corrected chi connectivity index (χ4v) is 2.73. The van der Waals surface area contributed by atoms with E-state index in [1.165, 1.54) is 18.2 Å². The third kappa shape index (κ3) is 2.65. The van der Waals surface area contributed by atoms with Gasteiger partial charge in [0.05, 0.1) is 6.42 Å². The van der Waals surface area contributed by atoms with Crippen molar-refractivity contribution in [2.45, 2.75) is 12.3 Å². The number of H-pyrrole nitrogens is 1. The number of phenols is 1. The Balaban J connectivity index is 2.14. The second-order valence-electron chi connectivity index (χ2n) is 5.18. The fourth-order valence-electron chi connectivity index (χ4n) is 2.73. The van der Waals surface area contributed by atoms with Gasteiger partial charge in [0.2, 0.25) is 0 Å². The van der Waals surface area contributed by atoms with Gasteiger partial charge in [-0.1, -0.05) is 12.1 Å². The number of fused-ring (bicyclic) bond motifs is 1. The highest BCUT2D eigenvalue weighted by molar-refractivity contribution is 5.85. The molecule has 4 nitrogen and oxygen atoms in total. The lowest BCUT2D eigenvalue weighted by atomic mass is 9.88. The summed E-state index contributed by atoms with van der Waals surface area (Å²) in [6.07, 6.45) is 1.58. The quantitative estimate of drug-likeness (QED) is 0.689. The molecule has 1 aromatic heterocycles. The van der Waals surface area contributed by atoms with Crippen molar-refractivity contribution in [3.05, 3.63) is 65.6 Å². The van der Waals surface area contributed by atoms with Crippen LogP contribution in [-0.4, -0.2) is 21.2 Å². The van der Waals surface area contributed by atoms with Crippen LogP contribution in [0.15, 0.2) is 48.7 Å². The van der Waals surface area contributed by atoms with Crippen molar-refractivity contribution in [2.75, 3.05) is 0 Å². The summed E-state index contributed by atoms with van der Waals surface area (Å²) in [6.45, 7) is 0. The molecule has 0 aliphatic carbocycles. The van der Waals surface area contributed by atoms with Crippen molar-refractivity contribution in [1.82, 2.24) is 4.98 Å². The number of carboxylic acid groups (broad SMARTS) is 1. The summed E-state index contributed by atoms with van der Waals surface area (Å²) < 4.78 is 13.3. The molecule has 5 heteroatoms. The van der Waals surface area contributed by atoms with Crippen molar-refractivity contribution in [3.63, 3.8) is 0 Å². The van der Waals surface area contributed by atoms with E-state index in [1.807, 2.05) is 0 Å². The summed E-state index contributed by atoms with van der Waals surface area (Å²) in [5.41, 5.74) is 2.08. The van der Waals surface area contributed by atoms with E-state index in [2.05, 4.69) is 4.98 Å². The number of aromatic hydroxyl groups is 1. The number of phenolic OH excluding ortho intramolecular Hbond substituents is 1. The number of rotatable bonds is 4. The van der Waals surface area contributed by atoms with Gasteiger partial charge in [0.25, 0.3) is 0 Å². The first-order valence-electron chi connectivity index (χ1n) is 6.82. The Morgan fingerprint density at radius 2 is 2.05 bits per heavy atom. The Morgan fingerprint density at radius 1 is 1.23 bits per heavy atom. The molecule has 1 heterocycles. The maximum absolute atomic E-state index is 13.3. The van der Waals surface area contributed by atoms with Crippen LogP contribution in [0.5, 0.6) is 5.75 Å². The predicted octanol–water partition coefficient (Wildman–Crippen LogP) is 3.62. The van der Waals surface area contributed by atoms with Gasteiger partial charge in [0.15, 0.2) is 0 Å². The molecule has 3 aromatic rings. The summed E-state index contributed by atoms with van der Waals surface area (Å²) in [5, 5.41) is 19.6. The van der Waals surface area contributed by atoms with Crippen molar-refractivity contribution in [3.8, 4) is 5.75 Å². The Hall–Kier alpha value is -2.82. The third-order valence-electron chi connectivity index (χ3n) is 3.70. The van der Waals surface area contributed by atoms with Gasteiger partial charge in [0.1, 0.15) is 11.6 Å². The van der Waals surface area contributed by atoms with Gasteiger partial charge in [-0.3, -0.25) is 4.79 Å². The van der Waals surface area contributed by atoms with E-state index in [4.69, 9.17) is 0 Å². The number of aromatic nitrogens is 1. The summed E-state index contributed by atoms with van der Waals surface area (Å²) in [5.74, 6) is -1.64. The molecule has 112 valence electrons. The SMILES string of the molecule is O=C(O)CC(c1cccc(O)c1)c1c[nH]c2cc(F)ccc12. The highest BCUT2D eigenvalue weighted by Gasteiger charge is 2.21. The molecule has 0 aliphatic heterocycles. The minimum Gasteiger partial charge on any atom is -0.508 e. The van der Waals surface area contributed by atoms with Crippen molar-refractivity contribution < 1.29 is 19.4 Å². The molecule has 0 saturated heterocycles. The number of carboxylic acids is 1. The minimum absolute atomic E-state index is 0.0822. The molecule has 3 N–H and O–H groups in total. The zero-order chi connectivity index (χ0) is 15.7. The second-order valence-corrected chi connectivity index (χ2v) is 5.18. The van der Waals surface area contributed by atoms with Gasteiger partial charge in [-0.05, 0) is 41.5 Å². The number of aromatic amines is 1. The summed E-state index contributed by atoms with van der Waals surface area (Å²) in [4.78, 5) is 14.2. The van der Waals surface area contributed by atoms with Gasteiger partial charge in [-0.25, -0.2) is 4.39 Å². The predicted molar refractivity (Wildman–Crippen MR) is 80.5 cm³/mol. The lowest BCUT2D eigenvalue weighted by molar-refractivity contribution is -0.137. The van der Waals surface area contributed by atoms with Crippen LogP contribution in [0.1, 0.15) is 23.5 Å². The van der Waals surface area contributed by atoms with Crippen LogP contribution in [0.4, 0.5) is 4.39 Å². The van der Waals surface area contributed by atoms with Crippen LogP contribution in [0.2, 0.25) is 0 Å². The maximum atomic E-state index is 13.3. The molecular formula is C17H14FNO3. The monoisotopic (exact) mass is 299 g/mol. The molecule has 3 rings (SSSR count). The smallest absolute Gasteiger partial charge is 0.304 e. The minimum atomic E-state index is -0.940. The van der Waals surface area contributed by atoms with E-state index >= 15 is 0 Å². The van der Waals surface area contributed by atoms with Crippen molar-refractivity contribution >= 4 is 16.9 Å². The fraction of sp³-hybridized carbons (Fsp3) is 0.118. The molecule has 2 aromatic carbocycles. The Bertz CT molecular complexity index is 841. The average molecular weight is 299 g/mol. The van der Waals surface area contributed by atoms with Gasteiger partial charge in [-0.2, -0.15) is 0 Å². The van der Waals surface area contributed by atoms with Crippen LogP contribution in [0, 0.1) is 5.82 Å². The molecule has 0 aliphatic rings. The summed E-state index contributed by atoms with van der Waals surface area (Å²) in [6, 6.07) is 10.9. The van der Waals surface area contributed by atoms with Crippen molar-refractivity contribution in [2.24, 2.45) is 0 Å². The first-order chi connectivity index (χ1) is 10.5. The molecule has 0 fully saturated rings. The highest BCUT2D eigenvalue weighted by atomic mass is 19.1. The number of hydrogen-bond donors (Lipinski definition) is 3. The lowest BCUT2D eigenvalue weighted by Crippen LogP contribution is -2.07. The first kappa shape index (κ1) is 14.1. The molecule has 1 atom stereocenters. The normalized spacial score (nSPS) is 12.4. The second kappa shape index (κ2) is 5.52. The summed E-state index contributed by atoms with van der Waals surface area (Å²) in [7, 11) is 0. The maximum Gasteiger partial charge on any atom is 0.304 e. The molecule has 0 bridgehead atoms. The average Bonchev–Trinajstić information content (AvgIpc) is 2.87. The zero-order valence-corrected chi connectivity index (χ0v) is 11.6. The van der Waals surface area contributed by atoms with E-state index < -0.39 is 11.9 Å². The van der Waals surface area contributed by atoms with Gasteiger partial charge in [-0.15, -0.1) is 0 Å². The number of halogens is 1. The van der Waals surface area contributed by atoms with Crippen LogP contribution in [0.25, 0.3) is 10.9 Å². The van der Waals surface area contributed by atoms with Crippen LogP contribution in [0.3, 0.4) is 0 Å². The van der Waals surface area contributed by atoms with Crippen LogP contribution < -0.4 is 0 Å². The number of aliphatic carboxylic acids is 1. The highest BCUT2D eigenvalue weighted by Crippen LogP contribution is 2.34. The molecule has 0 saturated carbocycles. The van der Waals surface area contributed by atoms with Crippen LogP contribution in [-0.2, 0) is 4.79 Å². The number of hydrogen-bond acceptors (Lipinski definition) is 2. The standard InChI is InChI=1S/C17H14FNO3/c18-11-4-5-13-15(9-19-16(13)7-11)14(8-17(21)22)10-2-1-3-12(20)6-10/h1-7,9,14,19-20H,8H2,(H,21,22). The lowest BCUT2D eigenvalue weighted by Gasteiger charge is -2.15. The third-order valence-corrected chi connectivity index (χ3v) is 3.70. The van der Waals surface area contributed by atoms with Crippen LogP contribution >= 0.6 is 0 Å². The summed E-state index contributed by atoms with van der Waals surface area (Å²) >= 11 is 0. The van der Waals surface area contributed by atoms with E-state index in [-0.39, 0.29) is 18.0 Å². The van der Waals surface area contributed by atoms with E-state index in [1.54, 1.807) is 30.5 Å². The first-order valence-corrected chi connectivity index (χ1v) is 6.82. The molecule has 1 unspecified atom stereocenters. The zero-order valence-electron chi connectivity index (χ0n) is 11.6. The Morgan fingerprint density at radius 3 is 2.77 bits per heavy atom. The molecular weight excluding hydrogens is 285 g/mol. The van der Waals surface area contributed by atoms with E-state index in [0.29, 0.717) is 11.1 Å². The number of carbonyl (C=O) groups is 1. The van der Waals surface area contributed by atoms with Gasteiger partial charge < -0.3 is 15.2 Å². The Labute approximate surface area is 125 Å². The van der Waals surface area contributed by atoms with Crippen molar-refractivity contribution in [1.29, 1.82) is 0 Å². The number of nitrogens with one attached hydrogen (secondary N) is 1. The van der Waals surface area contributed by atoms with Gasteiger partial charge in [0, 0.05) is 23.0 Å². The Kier molecular flexibility index (Phi) is 3.55. The molecule has 22 heavy (non-hydrogen) atoms. The topological polar surface area (TPSA) is 73.3 Å². The van der Waals surface area contributed by atoms with E-state index in [9.17, 15) is 19.4 Å². The molecule has 0 spiro atoms. The largest absolute Gasteiger partial charge is 0.508 e. The molecule has 0 amide bonds.